The normalized spacial score (nSPS) is 15.3. The molecule has 8 aromatic carbocycles. The second-order valence-electron chi connectivity index (χ2n) is 17.7. The SMILES string of the molecule is C=CC1=c2/c(=C\C)c3ccccc3n2-c2ccccc2C12c1ccccc1-c1ccc(N(c3ccc(-c4ccccc4)cc3)c3ccc(-c4ccccc4)c(C(C)(C)C)c3)cc12. The third-order valence-corrected chi connectivity index (χ3v) is 13.3. The Morgan fingerprint density at radius 2 is 1.08 bits per heavy atom. The van der Waals surface area contributed by atoms with Gasteiger partial charge < -0.3 is 9.47 Å². The summed E-state index contributed by atoms with van der Waals surface area (Å²) >= 11 is 0. The van der Waals surface area contributed by atoms with Crippen LogP contribution in [0.3, 0.4) is 0 Å². The number of hydrogen-bond donors (Lipinski definition) is 0. The van der Waals surface area contributed by atoms with Crippen LogP contribution in [0.4, 0.5) is 17.1 Å². The molecule has 1 aliphatic heterocycles. The van der Waals surface area contributed by atoms with Crippen molar-refractivity contribution in [1.29, 1.82) is 0 Å². The first-order chi connectivity index (χ1) is 30.3. The van der Waals surface area contributed by atoms with Crippen LogP contribution >= 0.6 is 0 Å². The maximum absolute atomic E-state index is 4.64. The van der Waals surface area contributed by atoms with Crippen LogP contribution < -0.4 is 15.5 Å². The molecular formula is C60H48N2. The molecule has 0 amide bonds. The van der Waals surface area contributed by atoms with Crippen molar-refractivity contribution >= 4 is 39.6 Å². The average molecular weight is 797 g/mol. The summed E-state index contributed by atoms with van der Waals surface area (Å²) in [5.41, 5.74) is 18.7. The number of rotatable bonds is 6. The van der Waals surface area contributed by atoms with Gasteiger partial charge in [-0.2, -0.15) is 0 Å². The van der Waals surface area contributed by atoms with Gasteiger partial charge in [0.1, 0.15) is 0 Å². The van der Waals surface area contributed by atoms with E-state index in [0.717, 1.165) is 17.1 Å². The number of hydrogen-bond acceptors (Lipinski definition) is 1. The van der Waals surface area contributed by atoms with Gasteiger partial charge in [0, 0.05) is 27.7 Å². The van der Waals surface area contributed by atoms with E-state index < -0.39 is 5.41 Å². The minimum absolute atomic E-state index is 0.111. The number of anilines is 3. The van der Waals surface area contributed by atoms with E-state index in [4.69, 9.17) is 0 Å². The van der Waals surface area contributed by atoms with Crippen LogP contribution in [-0.4, -0.2) is 4.57 Å². The molecule has 2 aliphatic rings. The molecule has 1 aromatic heterocycles. The first-order valence-corrected chi connectivity index (χ1v) is 21.8. The van der Waals surface area contributed by atoms with Gasteiger partial charge in [-0.3, -0.25) is 0 Å². The van der Waals surface area contributed by atoms with Gasteiger partial charge in [0.05, 0.1) is 22.0 Å². The van der Waals surface area contributed by atoms with Gasteiger partial charge in [-0.15, -0.1) is 0 Å². The standard InChI is InChI=1S/C60H48N2/c1-6-46-50-25-15-18-28-56(50)62-57-29-19-17-27-53(57)60(51(7-2)58(46)62)52-26-16-14-24-48(52)49-37-35-45(39-55(49)60)61(43-32-30-41(31-33-43)40-20-10-8-11-21-40)44-34-36-47(42-22-12-9-13-23-42)54(38-44)59(3,4)5/h6-39H,2H2,1,3-5H3/b46-6-. The molecule has 0 bridgehead atoms. The smallest absolute Gasteiger partial charge is 0.0755 e. The van der Waals surface area contributed by atoms with Crippen LogP contribution in [0.1, 0.15) is 49.9 Å². The lowest BCUT2D eigenvalue weighted by Gasteiger charge is -2.39. The Labute approximate surface area is 364 Å². The number of fused-ring (bicyclic) bond motifs is 11. The topological polar surface area (TPSA) is 8.17 Å². The van der Waals surface area contributed by atoms with Crippen molar-refractivity contribution in [3.05, 3.63) is 240 Å². The zero-order chi connectivity index (χ0) is 42.2. The Kier molecular flexibility index (Phi) is 8.70. The lowest BCUT2D eigenvalue weighted by Crippen LogP contribution is -2.44. The fourth-order valence-electron chi connectivity index (χ4n) is 10.7. The highest BCUT2D eigenvalue weighted by Gasteiger charge is 2.50. The first kappa shape index (κ1) is 37.6. The van der Waals surface area contributed by atoms with Gasteiger partial charge in [0.25, 0.3) is 0 Å². The minimum atomic E-state index is -0.626. The van der Waals surface area contributed by atoms with Gasteiger partial charge in [-0.1, -0.05) is 185 Å². The van der Waals surface area contributed by atoms with E-state index in [0.29, 0.717) is 0 Å². The number of aromatic nitrogens is 1. The molecule has 0 fully saturated rings. The van der Waals surface area contributed by atoms with E-state index in [1.54, 1.807) is 0 Å². The van der Waals surface area contributed by atoms with E-state index in [9.17, 15) is 0 Å². The molecule has 0 saturated heterocycles. The minimum Gasteiger partial charge on any atom is -0.310 e. The predicted octanol–water partition coefficient (Wildman–Crippen LogP) is 14.2. The summed E-state index contributed by atoms with van der Waals surface area (Å²) in [4.78, 5) is 2.46. The number of allylic oxidation sites excluding steroid dienone is 1. The van der Waals surface area contributed by atoms with Crippen LogP contribution in [0.2, 0.25) is 0 Å². The molecule has 0 N–H and O–H groups in total. The van der Waals surface area contributed by atoms with E-state index >= 15 is 0 Å². The monoisotopic (exact) mass is 796 g/mol. The lowest BCUT2D eigenvalue weighted by molar-refractivity contribution is 0.592. The number of para-hydroxylation sites is 2. The van der Waals surface area contributed by atoms with Crippen molar-refractivity contribution in [2.24, 2.45) is 0 Å². The Hall–Kier alpha value is -7.42. The maximum atomic E-state index is 4.64. The molecule has 1 spiro atoms. The highest BCUT2D eigenvalue weighted by atomic mass is 15.1. The van der Waals surface area contributed by atoms with Gasteiger partial charge in [-0.25, -0.2) is 0 Å². The second-order valence-corrected chi connectivity index (χ2v) is 17.7. The van der Waals surface area contributed by atoms with Crippen LogP contribution in [0.5, 0.6) is 0 Å². The summed E-state index contributed by atoms with van der Waals surface area (Å²) in [7, 11) is 0. The molecule has 2 heteroatoms. The predicted molar refractivity (Wildman–Crippen MR) is 262 cm³/mol. The molecule has 0 saturated carbocycles. The Morgan fingerprint density at radius 3 is 1.79 bits per heavy atom. The average Bonchev–Trinajstić information content (AvgIpc) is 3.80. The Balaban J connectivity index is 1.21. The second kappa shape index (κ2) is 14.4. The van der Waals surface area contributed by atoms with Crippen LogP contribution in [-0.2, 0) is 10.8 Å². The van der Waals surface area contributed by atoms with Crippen molar-refractivity contribution in [3.63, 3.8) is 0 Å². The molecule has 1 aliphatic carbocycles. The Bertz CT molecular complexity index is 3340. The first-order valence-electron chi connectivity index (χ1n) is 21.8. The molecule has 11 rings (SSSR count). The number of benzene rings is 8. The van der Waals surface area contributed by atoms with Gasteiger partial charge in [-0.05, 0) is 122 Å². The molecule has 1 atom stereocenters. The van der Waals surface area contributed by atoms with Gasteiger partial charge in [0.15, 0.2) is 0 Å². The van der Waals surface area contributed by atoms with Crippen molar-refractivity contribution < 1.29 is 0 Å². The van der Waals surface area contributed by atoms with E-state index in [1.165, 1.54) is 88.4 Å². The summed E-state index contributed by atoms with van der Waals surface area (Å²) in [5, 5.41) is 3.69. The molecule has 2 nitrogen and oxygen atoms in total. The molecule has 0 radical (unpaired) electrons. The number of nitrogens with zero attached hydrogens (tertiary/aromatic N) is 2. The van der Waals surface area contributed by atoms with E-state index in [2.05, 4.69) is 250 Å². The molecule has 2 heterocycles. The van der Waals surface area contributed by atoms with Crippen molar-refractivity contribution in [3.8, 4) is 39.1 Å². The molecule has 298 valence electrons. The molecule has 62 heavy (non-hydrogen) atoms. The zero-order valence-electron chi connectivity index (χ0n) is 35.7. The summed E-state index contributed by atoms with van der Waals surface area (Å²) in [6.45, 7) is 13.8. The fourth-order valence-corrected chi connectivity index (χ4v) is 10.7. The van der Waals surface area contributed by atoms with Crippen molar-refractivity contribution in [2.45, 2.75) is 38.5 Å². The molecule has 9 aromatic rings. The van der Waals surface area contributed by atoms with E-state index in [1.807, 2.05) is 0 Å². The van der Waals surface area contributed by atoms with Crippen LogP contribution in [0, 0.1) is 0 Å². The van der Waals surface area contributed by atoms with E-state index in [-0.39, 0.29) is 5.41 Å². The Morgan fingerprint density at radius 1 is 0.516 bits per heavy atom. The maximum Gasteiger partial charge on any atom is 0.0755 e. The highest BCUT2D eigenvalue weighted by molar-refractivity contribution is 5.99. The lowest BCUT2D eigenvalue weighted by atomic mass is 9.65. The molecular weight excluding hydrogens is 749 g/mol. The summed E-state index contributed by atoms with van der Waals surface area (Å²) in [6, 6.07) is 71.7. The van der Waals surface area contributed by atoms with Gasteiger partial charge >= 0.3 is 0 Å². The fraction of sp³-hybridized carbons (Fsp3) is 0.100. The zero-order valence-corrected chi connectivity index (χ0v) is 35.7. The van der Waals surface area contributed by atoms with Crippen molar-refractivity contribution in [1.82, 2.24) is 4.57 Å². The third kappa shape index (κ3) is 5.49. The molecule has 1 unspecified atom stereocenters. The summed E-state index contributed by atoms with van der Waals surface area (Å²) in [6.07, 6.45) is 4.43. The van der Waals surface area contributed by atoms with Crippen LogP contribution in [0.15, 0.2) is 207 Å². The largest absolute Gasteiger partial charge is 0.310 e. The summed E-state index contributed by atoms with van der Waals surface area (Å²) in [5.74, 6) is 0. The van der Waals surface area contributed by atoms with Gasteiger partial charge in [0.2, 0.25) is 0 Å². The van der Waals surface area contributed by atoms with Crippen LogP contribution in [0.25, 0.3) is 61.6 Å². The summed E-state index contributed by atoms with van der Waals surface area (Å²) < 4.78 is 2.48. The van der Waals surface area contributed by atoms with Crippen molar-refractivity contribution in [2.75, 3.05) is 4.90 Å². The third-order valence-electron chi connectivity index (χ3n) is 13.3. The quantitative estimate of drug-likeness (QED) is 0.163. The highest BCUT2D eigenvalue weighted by Crippen LogP contribution is 2.60.